The van der Waals surface area contributed by atoms with Gasteiger partial charge in [0.1, 0.15) is 11.4 Å². The number of nitrogens with two attached hydrogens (primary N) is 1. The molecule has 2 rings (SSSR count). The second-order valence-corrected chi connectivity index (χ2v) is 4.43. The molecule has 0 fully saturated rings. The molecule has 5 heteroatoms. The molecule has 0 aromatic heterocycles. The third-order valence-electron chi connectivity index (χ3n) is 3.04. The number of amidine groups is 1. The summed E-state index contributed by atoms with van der Waals surface area (Å²) in [5, 5.41) is 3.19. The first-order chi connectivity index (χ1) is 8.55. The van der Waals surface area contributed by atoms with Crippen LogP contribution in [-0.2, 0) is 15.1 Å². The number of hydrogen-bond donors (Lipinski definition) is 2. The summed E-state index contributed by atoms with van der Waals surface area (Å²) in [5.74, 6) is 0.435. The summed E-state index contributed by atoms with van der Waals surface area (Å²) in [6.45, 7) is 3.31. The molecule has 5 nitrogen and oxygen atoms in total. The molecule has 3 N–H and O–H groups in total. The Morgan fingerprint density at radius 2 is 2.11 bits per heavy atom. The standard InChI is InChI=1S/C13H17N3O2/c1-13(14,12(17)18-2)10-5-3-9(4-6-10)11-15-7-8-16-11/h3-6H,7-8,14H2,1-2H3,(H,15,16). The number of carbonyl (C=O) groups is 1. The van der Waals surface area contributed by atoms with Gasteiger partial charge in [-0.2, -0.15) is 0 Å². The molecular formula is C13H17N3O2. The molecule has 1 heterocycles. The maximum absolute atomic E-state index is 11.6. The van der Waals surface area contributed by atoms with Crippen LogP contribution >= 0.6 is 0 Å². The third kappa shape index (κ3) is 2.22. The van der Waals surface area contributed by atoms with Gasteiger partial charge in [-0.1, -0.05) is 24.3 Å². The number of rotatable bonds is 3. The Morgan fingerprint density at radius 1 is 1.44 bits per heavy atom. The first-order valence-electron chi connectivity index (χ1n) is 5.82. The maximum atomic E-state index is 11.6. The van der Waals surface area contributed by atoms with E-state index in [0.717, 1.165) is 30.1 Å². The molecule has 0 radical (unpaired) electrons. The van der Waals surface area contributed by atoms with Crippen molar-refractivity contribution in [1.82, 2.24) is 5.32 Å². The molecule has 0 amide bonds. The van der Waals surface area contributed by atoms with E-state index in [1.165, 1.54) is 7.11 Å². The van der Waals surface area contributed by atoms with Gasteiger partial charge < -0.3 is 15.8 Å². The molecule has 0 bridgehead atoms. The lowest BCUT2D eigenvalue weighted by Crippen LogP contribution is -2.42. The van der Waals surface area contributed by atoms with Crippen molar-refractivity contribution < 1.29 is 9.53 Å². The average molecular weight is 247 g/mol. The number of benzene rings is 1. The second-order valence-electron chi connectivity index (χ2n) is 4.43. The second kappa shape index (κ2) is 4.78. The molecular weight excluding hydrogens is 230 g/mol. The SMILES string of the molecule is COC(=O)C(C)(N)c1ccc(C2=NCCN2)cc1. The van der Waals surface area contributed by atoms with E-state index in [2.05, 4.69) is 10.3 Å². The fraction of sp³-hybridized carbons (Fsp3) is 0.385. The van der Waals surface area contributed by atoms with Gasteiger partial charge in [0.25, 0.3) is 0 Å². The summed E-state index contributed by atoms with van der Waals surface area (Å²) in [6.07, 6.45) is 0. The molecule has 1 unspecified atom stereocenters. The van der Waals surface area contributed by atoms with Crippen molar-refractivity contribution in [1.29, 1.82) is 0 Å². The van der Waals surface area contributed by atoms with E-state index in [1.54, 1.807) is 6.92 Å². The highest BCUT2D eigenvalue weighted by molar-refractivity contribution is 5.99. The van der Waals surface area contributed by atoms with Crippen LogP contribution in [0.3, 0.4) is 0 Å². The van der Waals surface area contributed by atoms with Crippen molar-refractivity contribution >= 4 is 11.8 Å². The molecule has 1 aromatic rings. The minimum atomic E-state index is -1.13. The van der Waals surface area contributed by atoms with Crippen molar-refractivity contribution in [2.45, 2.75) is 12.5 Å². The summed E-state index contributed by atoms with van der Waals surface area (Å²) in [7, 11) is 1.33. The van der Waals surface area contributed by atoms with Crippen LogP contribution in [0.15, 0.2) is 29.3 Å². The predicted molar refractivity (Wildman–Crippen MR) is 69.4 cm³/mol. The van der Waals surface area contributed by atoms with Crippen molar-refractivity contribution in [3.63, 3.8) is 0 Å². The maximum Gasteiger partial charge on any atom is 0.330 e. The zero-order valence-corrected chi connectivity index (χ0v) is 10.6. The lowest BCUT2D eigenvalue weighted by atomic mass is 9.92. The minimum absolute atomic E-state index is 0.452. The van der Waals surface area contributed by atoms with Crippen LogP contribution in [0.5, 0.6) is 0 Å². The highest BCUT2D eigenvalue weighted by Crippen LogP contribution is 2.20. The summed E-state index contributed by atoms with van der Waals surface area (Å²) in [6, 6.07) is 7.46. The number of nitrogens with zero attached hydrogens (tertiary/aromatic N) is 1. The molecule has 1 aliphatic heterocycles. The van der Waals surface area contributed by atoms with Crippen LogP contribution in [-0.4, -0.2) is 32.0 Å². The van der Waals surface area contributed by atoms with Crippen molar-refractivity contribution in [2.75, 3.05) is 20.2 Å². The smallest absolute Gasteiger partial charge is 0.330 e. The molecule has 0 aliphatic carbocycles. The van der Waals surface area contributed by atoms with Crippen LogP contribution in [0, 0.1) is 0 Å². The van der Waals surface area contributed by atoms with E-state index >= 15 is 0 Å². The number of hydrogen-bond acceptors (Lipinski definition) is 5. The zero-order valence-electron chi connectivity index (χ0n) is 10.6. The molecule has 1 aromatic carbocycles. The molecule has 1 aliphatic rings. The molecule has 96 valence electrons. The highest BCUT2D eigenvalue weighted by atomic mass is 16.5. The Balaban J connectivity index is 2.24. The van der Waals surface area contributed by atoms with Crippen molar-refractivity contribution in [3.8, 4) is 0 Å². The number of methoxy groups -OCH3 is 1. The first-order valence-corrected chi connectivity index (χ1v) is 5.82. The molecule has 18 heavy (non-hydrogen) atoms. The summed E-state index contributed by atoms with van der Waals surface area (Å²) < 4.78 is 4.70. The van der Waals surface area contributed by atoms with Gasteiger partial charge >= 0.3 is 5.97 Å². The topological polar surface area (TPSA) is 76.7 Å². The van der Waals surface area contributed by atoms with Gasteiger partial charge in [-0.05, 0) is 12.5 Å². The van der Waals surface area contributed by atoms with Crippen LogP contribution in [0.2, 0.25) is 0 Å². The Morgan fingerprint density at radius 3 is 2.61 bits per heavy atom. The first kappa shape index (κ1) is 12.6. The fourth-order valence-corrected chi connectivity index (χ4v) is 1.90. The highest BCUT2D eigenvalue weighted by Gasteiger charge is 2.31. The van der Waals surface area contributed by atoms with Gasteiger partial charge in [0.05, 0.1) is 13.7 Å². The summed E-state index contributed by atoms with van der Waals surface area (Å²) in [5.41, 5.74) is 6.56. The number of aliphatic imine (C=N–C) groups is 1. The van der Waals surface area contributed by atoms with E-state index < -0.39 is 11.5 Å². The summed E-state index contributed by atoms with van der Waals surface area (Å²) >= 11 is 0. The Kier molecular flexibility index (Phi) is 3.34. The minimum Gasteiger partial charge on any atom is -0.467 e. The number of ether oxygens (including phenoxy) is 1. The number of esters is 1. The van der Waals surface area contributed by atoms with Gasteiger partial charge in [0.15, 0.2) is 0 Å². The third-order valence-corrected chi connectivity index (χ3v) is 3.04. The zero-order chi connectivity index (χ0) is 13.2. The Bertz CT molecular complexity index is 478. The lowest BCUT2D eigenvalue weighted by Gasteiger charge is -2.22. The van der Waals surface area contributed by atoms with Crippen LogP contribution < -0.4 is 11.1 Å². The van der Waals surface area contributed by atoms with Crippen LogP contribution in [0.1, 0.15) is 18.1 Å². The fourth-order valence-electron chi connectivity index (χ4n) is 1.90. The van der Waals surface area contributed by atoms with Gasteiger partial charge in [-0.3, -0.25) is 4.99 Å². The quantitative estimate of drug-likeness (QED) is 0.757. The predicted octanol–water partition coefficient (Wildman–Crippen LogP) is 0.383. The van der Waals surface area contributed by atoms with Crippen LogP contribution in [0.4, 0.5) is 0 Å². The molecule has 0 spiro atoms. The molecule has 1 atom stereocenters. The van der Waals surface area contributed by atoms with Crippen molar-refractivity contribution in [3.05, 3.63) is 35.4 Å². The molecule has 0 saturated carbocycles. The van der Waals surface area contributed by atoms with Gasteiger partial charge in [0.2, 0.25) is 0 Å². The number of carbonyl (C=O) groups excluding carboxylic acids is 1. The number of nitrogens with one attached hydrogen (secondary N) is 1. The Hall–Kier alpha value is -1.88. The lowest BCUT2D eigenvalue weighted by molar-refractivity contribution is -0.146. The van der Waals surface area contributed by atoms with Gasteiger partial charge in [-0.15, -0.1) is 0 Å². The van der Waals surface area contributed by atoms with Gasteiger partial charge in [0, 0.05) is 12.1 Å². The average Bonchev–Trinajstić information content (AvgIpc) is 2.91. The van der Waals surface area contributed by atoms with Crippen molar-refractivity contribution in [2.24, 2.45) is 10.7 Å². The van der Waals surface area contributed by atoms with E-state index in [0.29, 0.717) is 0 Å². The van der Waals surface area contributed by atoms with E-state index in [1.807, 2.05) is 24.3 Å². The molecule has 0 saturated heterocycles. The Labute approximate surface area is 106 Å². The van der Waals surface area contributed by atoms with Gasteiger partial charge in [-0.25, -0.2) is 4.79 Å². The van der Waals surface area contributed by atoms with E-state index in [4.69, 9.17) is 10.5 Å². The largest absolute Gasteiger partial charge is 0.467 e. The monoisotopic (exact) mass is 247 g/mol. The van der Waals surface area contributed by atoms with E-state index in [9.17, 15) is 4.79 Å². The summed E-state index contributed by atoms with van der Waals surface area (Å²) in [4.78, 5) is 15.9. The van der Waals surface area contributed by atoms with E-state index in [-0.39, 0.29) is 0 Å². The normalized spacial score (nSPS) is 17.6. The van der Waals surface area contributed by atoms with Crippen LogP contribution in [0.25, 0.3) is 0 Å².